The summed E-state index contributed by atoms with van der Waals surface area (Å²) in [6.45, 7) is 8.58. The lowest BCUT2D eigenvalue weighted by Crippen LogP contribution is -2.47. The summed E-state index contributed by atoms with van der Waals surface area (Å²) in [6.07, 6.45) is -0.0542. The van der Waals surface area contributed by atoms with Crippen LogP contribution in [-0.2, 0) is 9.59 Å². The molecule has 0 aromatic carbocycles. The van der Waals surface area contributed by atoms with Crippen molar-refractivity contribution >= 4 is 11.9 Å². The van der Waals surface area contributed by atoms with E-state index >= 15 is 0 Å². The Morgan fingerprint density at radius 3 is 2.25 bits per heavy atom. The number of hydrogen-bond acceptors (Lipinski definition) is 3. The van der Waals surface area contributed by atoms with Gasteiger partial charge in [-0.1, -0.05) is 27.7 Å². The molecular formula is C11H22N2O3. The maximum Gasteiger partial charge on any atom is 0.305 e. The van der Waals surface area contributed by atoms with Crippen LogP contribution in [0.2, 0.25) is 0 Å². The molecule has 0 rings (SSSR count). The molecule has 3 N–H and O–H groups in total. The SMILES string of the molecule is CCNCC(=O)NC(CC(=O)O)C(C)(C)C. The van der Waals surface area contributed by atoms with Crippen LogP contribution in [0.4, 0.5) is 0 Å². The van der Waals surface area contributed by atoms with E-state index in [1.54, 1.807) is 0 Å². The summed E-state index contributed by atoms with van der Waals surface area (Å²) < 4.78 is 0. The first-order valence-electron chi connectivity index (χ1n) is 5.49. The fourth-order valence-electron chi connectivity index (χ4n) is 1.23. The number of aliphatic carboxylic acids is 1. The Labute approximate surface area is 96.6 Å². The molecular weight excluding hydrogens is 208 g/mol. The standard InChI is InChI=1S/C11H22N2O3/c1-5-12-7-9(14)13-8(6-10(15)16)11(2,3)4/h8,12H,5-7H2,1-4H3,(H,13,14)(H,15,16). The zero-order chi connectivity index (χ0) is 12.8. The average molecular weight is 230 g/mol. The maximum atomic E-state index is 11.5. The molecule has 0 aliphatic carbocycles. The second kappa shape index (κ2) is 6.48. The number of carboxylic acids is 1. The molecule has 0 saturated heterocycles. The Balaban J connectivity index is 4.32. The fourth-order valence-corrected chi connectivity index (χ4v) is 1.23. The summed E-state index contributed by atoms with van der Waals surface area (Å²) in [5.41, 5.74) is -0.264. The Kier molecular flexibility index (Phi) is 6.03. The van der Waals surface area contributed by atoms with Crippen molar-refractivity contribution in [2.45, 2.75) is 40.2 Å². The van der Waals surface area contributed by atoms with Crippen molar-refractivity contribution in [1.82, 2.24) is 10.6 Å². The molecule has 0 fully saturated rings. The molecule has 16 heavy (non-hydrogen) atoms. The van der Waals surface area contributed by atoms with E-state index in [9.17, 15) is 9.59 Å². The highest BCUT2D eigenvalue weighted by Gasteiger charge is 2.28. The highest BCUT2D eigenvalue weighted by molar-refractivity contribution is 5.79. The Morgan fingerprint density at radius 1 is 1.31 bits per heavy atom. The summed E-state index contributed by atoms with van der Waals surface area (Å²) in [4.78, 5) is 22.2. The van der Waals surface area contributed by atoms with Gasteiger partial charge in [0.25, 0.3) is 0 Å². The second-order valence-electron chi connectivity index (χ2n) is 4.86. The molecule has 1 amide bonds. The molecule has 5 nitrogen and oxygen atoms in total. The van der Waals surface area contributed by atoms with Gasteiger partial charge in [-0.25, -0.2) is 0 Å². The quantitative estimate of drug-likeness (QED) is 0.624. The van der Waals surface area contributed by atoms with Crippen molar-refractivity contribution in [1.29, 1.82) is 0 Å². The maximum absolute atomic E-state index is 11.5. The van der Waals surface area contributed by atoms with Crippen LogP contribution < -0.4 is 10.6 Å². The van der Waals surface area contributed by atoms with Gasteiger partial charge in [0.05, 0.1) is 13.0 Å². The summed E-state index contributed by atoms with van der Waals surface area (Å²) in [7, 11) is 0. The summed E-state index contributed by atoms with van der Waals surface area (Å²) in [5.74, 6) is -1.06. The van der Waals surface area contributed by atoms with E-state index in [0.29, 0.717) is 6.54 Å². The minimum Gasteiger partial charge on any atom is -0.481 e. The number of carbonyl (C=O) groups excluding carboxylic acids is 1. The number of nitrogens with one attached hydrogen (secondary N) is 2. The van der Waals surface area contributed by atoms with Crippen LogP contribution in [0, 0.1) is 5.41 Å². The normalized spacial score (nSPS) is 13.2. The predicted molar refractivity (Wildman–Crippen MR) is 62.2 cm³/mol. The fraction of sp³-hybridized carbons (Fsp3) is 0.818. The van der Waals surface area contributed by atoms with Crippen LogP contribution >= 0.6 is 0 Å². The predicted octanol–water partition coefficient (Wildman–Crippen LogP) is 0.601. The zero-order valence-corrected chi connectivity index (χ0v) is 10.5. The minimum absolute atomic E-state index is 0.0542. The monoisotopic (exact) mass is 230 g/mol. The Morgan fingerprint density at radius 2 is 1.88 bits per heavy atom. The first-order chi connectivity index (χ1) is 7.27. The van der Waals surface area contributed by atoms with Crippen LogP contribution in [0.25, 0.3) is 0 Å². The third kappa shape index (κ3) is 6.40. The largest absolute Gasteiger partial charge is 0.481 e. The first-order valence-corrected chi connectivity index (χ1v) is 5.49. The van der Waals surface area contributed by atoms with Crippen molar-refractivity contribution in [3.05, 3.63) is 0 Å². The lowest BCUT2D eigenvalue weighted by Gasteiger charge is -2.30. The summed E-state index contributed by atoms with van der Waals surface area (Å²) in [5, 5.41) is 14.4. The van der Waals surface area contributed by atoms with E-state index in [4.69, 9.17) is 5.11 Å². The lowest BCUT2D eigenvalue weighted by molar-refractivity contribution is -0.138. The molecule has 0 aliphatic heterocycles. The molecule has 0 aromatic rings. The molecule has 0 bridgehead atoms. The molecule has 5 heteroatoms. The van der Waals surface area contributed by atoms with Crippen LogP contribution in [0.3, 0.4) is 0 Å². The molecule has 0 aliphatic rings. The third-order valence-electron chi connectivity index (χ3n) is 2.29. The van der Waals surface area contributed by atoms with Crippen LogP contribution in [0.15, 0.2) is 0 Å². The van der Waals surface area contributed by atoms with E-state index in [-0.39, 0.29) is 30.3 Å². The van der Waals surface area contributed by atoms with Gasteiger partial charge in [-0.05, 0) is 12.0 Å². The molecule has 0 spiro atoms. The lowest BCUT2D eigenvalue weighted by atomic mass is 9.84. The average Bonchev–Trinajstić information content (AvgIpc) is 2.11. The van der Waals surface area contributed by atoms with Crippen molar-refractivity contribution in [3.8, 4) is 0 Å². The number of rotatable bonds is 6. The van der Waals surface area contributed by atoms with Gasteiger partial charge in [0.15, 0.2) is 0 Å². The van der Waals surface area contributed by atoms with E-state index < -0.39 is 5.97 Å². The third-order valence-corrected chi connectivity index (χ3v) is 2.29. The molecule has 0 saturated carbocycles. The highest BCUT2D eigenvalue weighted by Crippen LogP contribution is 2.21. The van der Waals surface area contributed by atoms with Crippen molar-refractivity contribution in [3.63, 3.8) is 0 Å². The molecule has 1 unspecified atom stereocenters. The van der Waals surface area contributed by atoms with Crippen molar-refractivity contribution < 1.29 is 14.7 Å². The van der Waals surface area contributed by atoms with Gasteiger partial charge in [0.1, 0.15) is 0 Å². The van der Waals surface area contributed by atoms with Gasteiger partial charge in [-0.3, -0.25) is 9.59 Å². The number of likely N-dealkylation sites (N-methyl/N-ethyl adjacent to an activating group) is 1. The minimum atomic E-state index is -0.899. The van der Waals surface area contributed by atoms with Gasteiger partial charge >= 0.3 is 5.97 Å². The van der Waals surface area contributed by atoms with E-state index in [1.165, 1.54) is 0 Å². The molecule has 0 radical (unpaired) electrons. The number of carbonyl (C=O) groups is 2. The molecule has 0 aromatic heterocycles. The van der Waals surface area contributed by atoms with Gasteiger partial charge in [-0.15, -0.1) is 0 Å². The van der Waals surface area contributed by atoms with Gasteiger partial charge in [0, 0.05) is 6.04 Å². The highest BCUT2D eigenvalue weighted by atomic mass is 16.4. The van der Waals surface area contributed by atoms with E-state index in [2.05, 4.69) is 10.6 Å². The van der Waals surface area contributed by atoms with Crippen LogP contribution in [-0.4, -0.2) is 36.1 Å². The van der Waals surface area contributed by atoms with Crippen molar-refractivity contribution in [2.24, 2.45) is 5.41 Å². The second-order valence-corrected chi connectivity index (χ2v) is 4.86. The summed E-state index contributed by atoms with van der Waals surface area (Å²) in [6, 6.07) is -0.351. The smallest absolute Gasteiger partial charge is 0.305 e. The van der Waals surface area contributed by atoms with Gasteiger partial charge in [0.2, 0.25) is 5.91 Å². The molecule has 94 valence electrons. The van der Waals surface area contributed by atoms with Gasteiger partial charge in [-0.2, -0.15) is 0 Å². The van der Waals surface area contributed by atoms with Crippen molar-refractivity contribution in [2.75, 3.05) is 13.1 Å². The van der Waals surface area contributed by atoms with Crippen LogP contribution in [0.1, 0.15) is 34.1 Å². The van der Waals surface area contributed by atoms with E-state index in [1.807, 2.05) is 27.7 Å². The summed E-state index contributed by atoms with van der Waals surface area (Å²) >= 11 is 0. The topological polar surface area (TPSA) is 78.4 Å². The first kappa shape index (κ1) is 14.9. The number of amides is 1. The molecule has 1 atom stereocenters. The molecule has 0 heterocycles. The van der Waals surface area contributed by atoms with E-state index in [0.717, 1.165) is 0 Å². The Bertz CT molecular complexity index is 246. The van der Waals surface area contributed by atoms with Gasteiger partial charge < -0.3 is 15.7 Å². The van der Waals surface area contributed by atoms with Crippen LogP contribution in [0.5, 0.6) is 0 Å². The number of hydrogen-bond donors (Lipinski definition) is 3. The Hall–Kier alpha value is -1.10. The number of carboxylic acid groups (broad SMARTS) is 1. The zero-order valence-electron chi connectivity index (χ0n) is 10.5.